The topological polar surface area (TPSA) is 98.3 Å². The normalized spacial score (nSPS) is 28.8. The molecular weight excluding hydrogens is 340 g/mol. The van der Waals surface area contributed by atoms with Crippen LogP contribution in [0.15, 0.2) is 6.20 Å². The van der Waals surface area contributed by atoms with E-state index >= 15 is 0 Å². The summed E-state index contributed by atoms with van der Waals surface area (Å²) in [5.74, 6) is 0.728. The molecule has 1 amide bonds. The molecule has 2 aliphatic heterocycles. The summed E-state index contributed by atoms with van der Waals surface area (Å²) in [5.41, 5.74) is 7.12. The minimum absolute atomic E-state index is 0.0146. The van der Waals surface area contributed by atoms with Gasteiger partial charge >= 0.3 is 0 Å². The van der Waals surface area contributed by atoms with Crippen molar-refractivity contribution in [3.63, 3.8) is 0 Å². The van der Waals surface area contributed by atoms with Crippen LogP contribution in [0.3, 0.4) is 0 Å². The van der Waals surface area contributed by atoms with Gasteiger partial charge in [0.25, 0.3) is 5.91 Å². The molecule has 2 fully saturated rings. The third kappa shape index (κ3) is 3.60. The number of hydrogen-bond donors (Lipinski definition) is 1. The van der Waals surface area contributed by atoms with Gasteiger partial charge in [-0.2, -0.15) is 5.10 Å². The number of amides is 1. The largest absolute Gasteiger partial charge is 0.335 e. The molecule has 3 atom stereocenters. The Bertz CT molecular complexity index is 756. The van der Waals surface area contributed by atoms with Crippen molar-refractivity contribution < 1.29 is 13.2 Å². The standard InChI is InChI=1S/C17H28N4O3S/c1-11(2)16-15(17(22)20-8-13(7-18)6-12(20)3)9-21(19-16)14-4-5-25(23,24)10-14/h9,11-14H,4-8,10,18H2,1-3H3. The van der Waals surface area contributed by atoms with E-state index in [2.05, 4.69) is 12.0 Å². The highest BCUT2D eigenvalue weighted by Gasteiger charge is 2.36. The van der Waals surface area contributed by atoms with Crippen LogP contribution in [-0.4, -0.2) is 59.6 Å². The predicted octanol–water partition coefficient (Wildman–Crippen LogP) is 1.18. The number of aromatic nitrogens is 2. The molecule has 0 spiro atoms. The van der Waals surface area contributed by atoms with Gasteiger partial charge in [-0.05, 0) is 38.1 Å². The van der Waals surface area contributed by atoms with Gasteiger partial charge in [0.1, 0.15) is 0 Å². The predicted molar refractivity (Wildman–Crippen MR) is 96.3 cm³/mol. The van der Waals surface area contributed by atoms with Gasteiger partial charge in [-0.25, -0.2) is 8.42 Å². The van der Waals surface area contributed by atoms with E-state index < -0.39 is 9.84 Å². The van der Waals surface area contributed by atoms with Crippen molar-refractivity contribution >= 4 is 15.7 Å². The first kappa shape index (κ1) is 18.4. The number of rotatable bonds is 4. The van der Waals surface area contributed by atoms with Crippen LogP contribution in [0.2, 0.25) is 0 Å². The summed E-state index contributed by atoms with van der Waals surface area (Å²) in [7, 11) is -2.99. The Morgan fingerprint density at radius 1 is 1.44 bits per heavy atom. The molecule has 0 saturated carbocycles. The van der Waals surface area contributed by atoms with Crippen LogP contribution in [0, 0.1) is 5.92 Å². The van der Waals surface area contributed by atoms with Crippen LogP contribution in [0.1, 0.15) is 61.6 Å². The molecule has 1 aromatic heterocycles. The summed E-state index contributed by atoms with van der Waals surface area (Å²) in [4.78, 5) is 15.0. The molecule has 2 N–H and O–H groups in total. The highest BCUT2D eigenvalue weighted by molar-refractivity contribution is 7.91. The minimum atomic E-state index is -2.99. The van der Waals surface area contributed by atoms with Crippen molar-refractivity contribution in [2.24, 2.45) is 11.7 Å². The van der Waals surface area contributed by atoms with Gasteiger partial charge in [0.2, 0.25) is 0 Å². The van der Waals surface area contributed by atoms with Crippen molar-refractivity contribution in [1.29, 1.82) is 0 Å². The number of nitrogens with zero attached hydrogens (tertiary/aromatic N) is 3. The smallest absolute Gasteiger partial charge is 0.257 e. The molecule has 1 aromatic rings. The lowest BCUT2D eigenvalue weighted by molar-refractivity contribution is 0.0742. The molecule has 140 valence electrons. The quantitative estimate of drug-likeness (QED) is 0.860. The maximum atomic E-state index is 13.1. The third-order valence-corrected chi connectivity index (χ3v) is 7.13. The SMILES string of the molecule is CC(C)c1nn(C2CCS(=O)(=O)C2)cc1C(=O)N1CC(CN)CC1C. The Kier molecular flexibility index (Phi) is 4.94. The second kappa shape index (κ2) is 6.72. The lowest BCUT2D eigenvalue weighted by atomic mass is 10.1. The Morgan fingerprint density at radius 2 is 2.16 bits per heavy atom. The van der Waals surface area contributed by atoms with Gasteiger partial charge in [0.05, 0.1) is 28.8 Å². The van der Waals surface area contributed by atoms with Gasteiger partial charge in [0.15, 0.2) is 9.84 Å². The summed E-state index contributed by atoms with van der Waals surface area (Å²) in [6.07, 6.45) is 3.24. The van der Waals surface area contributed by atoms with Crippen LogP contribution in [0.25, 0.3) is 0 Å². The zero-order valence-corrected chi connectivity index (χ0v) is 16.0. The van der Waals surface area contributed by atoms with E-state index in [9.17, 15) is 13.2 Å². The minimum Gasteiger partial charge on any atom is -0.335 e. The van der Waals surface area contributed by atoms with Crippen molar-refractivity contribution in [3.05, 3.63) is 17.5 Å². The Morgan fingerprint density at radius 3 is 2.68 bits per heavy atom. The van der Waals surface area contributed by atoms with E-state index in [1.807, 2.05) is 18.7 Å². The van der Waals surface area contributed by atoms with Gasteiger partial charge < -0.3 is 10.6 Å². The fourth-order valence-electron chi connectivity index (χ4n) is 3.92. The fraction of sp³-hybridized carbons (Fsp3) is 0.765. The van der Waals surface area contributed by atoms with Crippen LogP contribution in [0.4, 0.5) is 0 Å². The number of likely N-dealkylation sites (tertiary alicyclic amines) is 1. The molecule has 0 aromatic carbocycles. The molecule has 3 heterocycles. The van der Waals surface area contributed by atoms with Crippen molar-refractivity contribution in [2.75, 3.05) is 24.6 Å². The van der Waals surface area contributed by atoms with Gasteiger partial charge in [0, 0.05) is 18.8 Å². The molecular formula is C17H28N4O3S. The van der Waals surface area contributed by atoms with E-state index in [1.54, 1.807) is 10.9 Å². The second-order valence-corrected chi connectivity index (χ2v) is 9.99. The number of carbonyl (C=O) groups is 1. The third-order valence-electron chi connectivity index (χ3n) is 5.38. The lowest BCUT2D eigenvalue weighted by Crippen LogP contribution is -2.34. The van der Waals surface area contributed by atoms with Gasteiger partial charge in [-0.15, -0.1) is 0 Å². The summed E-state index contributed by atoms with van der Waals surface area (Å²) in [6.45, 7) is 7.33. The number of nitrogens with two attached hydrogens (primary N) is 1. The molecule has 3 rings (SSSR count). The average molecular weight is 369 g/mol. The summed E-state index contributed by atoms with van der Waals surface area (Å²) >= 11 is 0. The molecule has 0 aliphatic carbocycles. The fourth-order valence-corrected chi connectivity index (χ4v) is 5.62. The number of sulfone groups is 1. The first-order chi connectivity index (χ1) is 11.7. The van der Waals surface area contributed by atoms with Gasteiger partial charge in [-0.3, -0.25) is 9.48 Å². The first-order valence-corrected chi connectivity index (χ1v) is 10.8. The van der Waals surface area contributed by atoms with Crippen molar-refractivity contribution in [1.82, 2.24) is 14.7 Å². The van der Waals surface area contributed by atoms with E-state index in [4.69, 9.17) is 5.73 Å². The molecule has 2 saturated heterocycles. The maximum Gasteiger partial charge on any atom is 0.257 e. The lowest BCUT2D eigenvalue weighted by Gasteiger charge is -2.21. The van der Waals surface area contributed by atoms with E-state index in [-0.39, 0.29) is 35.4 Å². The van der Waals surface area contributed by atoms with E-state index in [0.717, 1.165) is 12.1 Å². The number of carbonyl (C=O) groups excluding carboxylic acids is 1. The van der Waals surface area contributed by atoms with Crippen LogP contribution < -0.4 is 5.73 Å². The van der Waals surface area contributed by atoms with Crippen LogP contribution >= 0.6 is 0 Å². The van der Waals surface area contributed by atoms with E-state index in [0.29, 0.717) is 31.0 Å². The molecule has 3 unspecified atom stereocenters. The highest BCUT2D eigenvalue weighted by Crippen LogP contribution is 2.29. The summed E-state index contributed by atoms with van der Waals surface area (Å²) in [6, 6.07) is -0.00638. The maximum absolute atomic E-state index is 13.1. The highest BCUT2D eigenvalue weighted by atomic mass is 32.2. The monoisotopic (exact) mass is 368 g/mol. The van der Waals surface area contributed by atoms with Crippen molar-refractivity contribution in [3.8, 4) is 0 Å². The zero-order valence-electron chi connectivity index (χ0n) is 15.2. The zero-order chi connectivity index (χ0) is 18.4. The molecule has 8 heteroatoms. The first-order valence-electron chi connectivity index (χ1n) is 9.02. The molecule has 25 heavy (non-hydrogen) atoms. The molecule has 7 nitrogen and oxygen atoms in total. The average Bonchev–Trinajstić information content (AvgIpc) is 3.22. The molecule has 0 bridgehead atoms. The summed E-state index contributed by atoms with van der Waals surface area (Å²) in [5, 5.41) is 4.59. The van der Waals surface area contributed by atoms with Crippen LogP contribution in [-0.2, 0) is 9.84 Å². The Balaban J connectivity index is 1.89. The van der Waals surface area contributed by atoms with Crippen molar-refractivity contribution in [2.45, 2.75) is 51.6 Å². The second-order valence-electron chi connectivity index (χ2n) is 7.76. The molecule has 2 aliphatic rings. The molecule has 0 radical (unpaired) electrons. The number of hydrogen-bond acceptors (Lipinski definition) is 5. The Labute approximate surface area is 149 Å². The Hall–Kier alpha value is -1.41. The van der Waals surface area contributed by atoms with Gasteiger partial charge in [-0.1, -0.05) is 13.8 Å². The summed E-state index contributed by atoms with van der Waals surface area (Å²) < 4.78 is 25.2. The van der Waals surface area contributed by atoms with E-state index in [1.165, 1.54) is 0 Å². The van der Waals surface area contributed by atoms with Crippen LogP contribution in [0.5, 0.6) is 0 Å².